The average Bonchev–Trinajstić information content (AvgIpc) is 3.16. The number of halogens is 1. The van der Waals surface area contributed by atoms with Gasteiger partial charge in [-0.2, -0.15) is 4.98 Å². The Morgan fingerprint density at radius 3 is 2.59 bits per heavy atom. The largest absolute Gasteiger partial charge is 0.494 e. The molecule has 0 fully saturated rings. The number of carbonyl (C=O) groups excluding carboxylic acids is 1. The molecule has 0 radical (unpaired) electrons. The van der Waals surface area contributed by atoms with E-state index >= 15 is 0 Å². The number of methoxy groups -OCH3 is 1. The van der Waals surface area contributed by atoms with E-state index in [9.17, 15) is 9.59 Å². The van der Waals surface area contributed by atoms with Crippen LogP contribution in [0.3, 0.4) is 0 Å². The Kier molecular flexibility index (Phi) is 8.36. The van der Waals surface area contributed by atoms with E-state index < -0.39 is 0 Å². The SMILES string of the molecule is C=CC(=O)Nc1cc(Nc2nccc(-n3c(=O)n(C)c4cc(Br)ccc43)n2)c(OC)cc1N(C)CCN(C)C. The van der Waals surface area contributed by atoms with Crippen molar-refractivity contribution in [3.05, 3.63) is 70.2 Å². The molecule has 11 nitrogen and oxygen atoms in total. The quantitative estimate of drug-likeness (QED) is 0.267. The van der Waals surface area contributed by atoms with Crippen LogP contribution in [0.25, 0.3) is 16.9 Å². The number of aromatic nitrogens is 4. The summed E-state index contributed by atoms with van der Waals surface area (Å²) < 4.78 is 9.65. The van der Waals surface area contributed by atoms with Crippen molar-refractivity contribution in [2.75, 3.05) is 56.9 Å². The van der Waals surface area contributed by atoms with Crippen LogP contribution >= 0.6 is 15.9 Å². The highest BCUT2D eigenvalue weighted by Crippen LogP contribution is 2.38. The highest BCUT2D eigenvalue weighted by atomic mass is 79.9. The molecule has 4 rings (SSSR count). The van der Waals surface area contributed by atoms with E-state index in [1.807, 2.05) is 50.3 Å². The number of nitrogens with zero attached hydrogens (tertiary/aromatic N) is 6. The highest BCUT2D eigenvalue weighted by molar-refractivity contribution is 9.10. The van der Waals surface area contributed by atoms with Crippen molar-refractivity contribution >= 4 is 55.9 Å². The Morgan fingerprint density at radius 2 is 1.90 bits per heavy atom. The molecule has 2 aromatic carbocycles. The van der Waals surface area contributed by atoms with Crippen molar-refractivity contribution < 1.29 is 9.53 Å². The van der Waals surface area contributed by atoms with Crippen LogP contribution in [0.2, 0.25) is 0 Å². The molecule has 204 valence electrons. The van der Waals surface area contributed by atoms with Gasteiger partial charge in [0.25, 0.3) is 0 Å². The van der Waals surface area contributed by atoms with Crippen LogP contribution in [-0.4, -0.2) is 71.3 Å². The summed E-state index contributed by atoms with van der Waals surface area (Å²) in [6.45, 7) is 5.11. The number of nitrogens with one attached hydrogen (secondary N) is 2. The molecular formula is C27H31BrN8O3. The van der Waals surface area contributed by atoms with Gasteiger partial charge in [0.2, 0.25) is 11.9 Å². The van der Waals surface area contributed by atoms with Gasteiger partial charge in [0, 0.05) is 50.0 Å². The van der Waals surface area contributed by atoms with Gasteiger partial charge < -0.3 is 25.2 Å². The fourth-order valence-electron chi connectivity index (χ4n) is 4.09. The van der Waals surface area contributed by atoms with Gasteiger partial charge >= 0.3 is 5.69 Å². The standard InChI is InChI=1S/C27H31BrN8O3/c1-7-25(37)30-18-15-19(23(39-6)16-21(18)34(4)13-12-33(2)3)31-26-29-11-10-24(32-26)36-20-9-8-17(28)14-22(20)35(5)27(36)38/h7-11,14-16H,1,12-13H2,2-6H3,(H,30,37)(H,29,31,32). The second kappa shape index (κ2) is 11.7. The maximum atomic E-state index is 13.1. The number of imidazole rings is 1. The molecule has 2 N–H and O–H groups in total. The molecule has 0 aliphatic heterocycles. The molecule has 2 heterocycles. The topological polar surface area (TPSA) is 110 Å². The van der Waals surface area contributed by atoms with Crippen LogP contribution in [0, 0.1) is 0 Å². The number of rotatable bonds is 10. The van der Waals surface area contributed by atoms with Crippen LogP contribution < -0.4 is 26.0 Å². The molecule has 1 amide bonds. The van der Waals surface area contributed by atoms with Crippen molar-refractivity contribution in [3.63, 3.8) is 0 Å². The summed E-state index contributed by atoms with van der Waals surface area (Å²) in [5.41, 5.74) is 3.13. The van der Waals surface area contributed by atoms with E-state index in [-0.39, 0.29) is 17.5 Å². The monoisotopic (exact) mass is 594 g/mol. The van der Waals surface area contributed by atoms with E-state index in [0.29, 0.717) is 28.5 Å². The van der Waals surface area contributed by atoms with Gasteiger partial charge in [0.1, 0.15) is 11.6 Å². The minimum Gasteiger partial charge on any atom is -0.494 e. The van der Waals surface area contributed by atoms with Crippen molar-refractivity contribution in [3.8, 4) is 11.6 Å². The second-order valence-corrected chi connectivity index (χ2v) is 10.1. The lowest BCUT2D eigenvalue weighted by Gasteiger charge is -2.26. The Balaban J connectivity index is 1.75. The van der Waals surface area contributed by atoms with Crippen molar-refractivity contribution in [2.45, 2.75) is 0 Å². The van der Waals surface area contributed by atoms with E-state index in [4.69, 9.17) is 4.74 Å². The molecular weight excluding hydrogens is 564 g/mol. The maximum Gasteiger partial charge on any atom is 0.334 e. The molecule has 0 aliphatic rings. The lowest BCUT2D eigenvalue weighted by molar-refractivity contribution is -0.111. The summed E-state index contributed by atoms with van der Waals surface area (Å²) >= 11 is 3.46. The smallest absolute Gasteiger partial charge is 0.334 e. The van der Waals surface area contributed by atoms with E-state index in [0.717, 1.165) is 28.8 Å². The van der Waals surface area contributed by atoms with E-state index in [1.165, 1.54) is 10.6 Å². The predicted octanol–water partition coefficient (Wildman–Crippen LogP) is 3.76. The van der Waals surface area contributed by atoms with Crippen LogP contribution in [0.5, 0.6) is 5.75 Å². The molecule has 0 atom stereocenters. The van der Waals surface area contributed by atoms with Gasteiger partial charge in [-0.1, -0.05) is 22.5 Å². The fraction of sp³-hybridized carbons (Fsp3) is 0.259. The van der Waals surface area contributed by atoms with Gasteiger partial charge in [-0.05, 0) is 44.4 Å². The zero-order valence-corrected chi connectivity index (χ0v) is 24.1. The number of anilines is 4. The summed E-state index contributed by atoms with van der Waals surface area (Å²) in [5, 5.41) is 6.06. The summed E-state index contributed by atoms with van der Waals surface area (Å²) in [6, 6.07) is 10.9. The Labute approximate surface area is 234 Å². The van der Waals surface area contributed by atoms with Gasteiger partial charge in [0.05, 0.1) is 35.2 Å². The minimum absolute atomic E-state index is 0.232. The van der Waals surface area contributed by atoms with Crippen LogP contribution in [-0.2, 0) is 11.8 Å². The van der Waals surface area contributed by atoms with Crippen LogP contribution in [0.15, 0.2) is 64.5 Å². The molecule has 0 spiro atoms. The second-order valence-electron chi connectivity index (χ2n) is 9.16. The van der Waals surface area contributed by atoms with Crippen molar-refractivity contribution in [2.24, 2.45) is 7.05 Å². The van der Waals surface area contributed by atoms with Gasteiger partial charge in [-0.3, -0.25) is 9.36 Å². The molecule has 0 aliphatic carbocycles. The third-order valence-corrected chi connectivity index (χ3v) is 6.68. The number of amides is 1. The first-order valence-electron chi connectivity index (χ1n) is 12.1. The first-order chi connectivity index (χ1) is 18.6. The molecule has 2 aromatic heterocycles. The molecule has 0 unspecified atom stereocenters. The molecule has 12 heteroatoms. The van der Waals surface area contributed by atoms with E-state index in [2.05, 4.69) is 48.0 Å². The van der Waals surface area contributed by atoms with Crippen LogP contribution in [0.4, 0.5) is 23.0 Å². The molecule has 39 heavy (non-hydrogen) atoms. The number of aryl methyl sites for hydroxylation is 1. The van der Waals surface area contributed by atoms with E-state index in [1.54, 1.807) is 37.1 Å². The third kappa shape index (κ3) is 5.96. The molecule has 0 saturated carbocycles. The number of benzene rings is 2. The third-order valence-electron chi connectivity index (χ3n) is 6.19. The van der Waals surface area contributed by atoms with Crippen molar-refractivity contribution in [1.82, 2.24) is 24.0 Å². The van der Waals surface area contributed by atoms with Crippen LogP contribution in [0.1, 0.15) is 0 Å². The minimum atomic E-state index is -0.339. The fourth-order valence-corrected chi connectivity index (χ4v) is 4.44. The zero-order valence-electron chi connectivity index (χ0n) is 22.5. The van der Waals surface area contributed by atoms with Gasteiger partial charge in [0.15, 0.2) is 0 Å². The number of ether oxygens (including phenoxy) is 1. The zero-order chi connectivity index (χ0) is 28.3. The summed E-state index contributed by atoms with van der Waals surface area (Å²) in [4.78, 5) is 38.4. The lowest BCUT2D eigenvalue weighted by Crippen LogP contribution is -2.29. The maximum absolute atomic E-state index is 13.1. The Bertz CT molecular complexity index is 1590. The molecule has 0 saturated heterocycles. The normalized spacial score (nSPS) is 11.1. The average molecular weight is 596 g/mol. The number of likely N-dealkylation sites (N-methyl/N-ethyl adjacent to an activating group) is 2. The highest BCUT2D eigenvalue weighted by Gasteiger charge is 2.18. The Morgan fingerprint density at radius 1 is 1.13 bits per heavy atom. The number of hydrogen-bond donors (Lipinski definition) is 2. The summed E-state index contributed by atoms with van der Waals surface area (Å²) in [7, 11) is 9.23. The first kappa shape index (κ1) is 27.9. The number of fused-ring (bicyclic) bond motifs is 1. The predicted molar refractivity (Wildman–Crippen MR) is 159 cm³/mol. The number of carbonyl (C=O) groups is 1. The first-order valence-corrected chi connectivity index (χ1v) is 12.9. The molecule has 4 aromatic rings. The van der Waals surface area contributed by atoms with Gasteiger partial charge in [-0.15, -0.1) is 0 Å². The number of hydrogen-bond acceptors (Lipinski definition) is 8. The van der Waals surface area contributed by atoms with Gasteiger partial charge in [-0.25, -0.2) is 14.3 Å². The summed E-state index contributed by atoms with van der Waals surface area (Å²) in [6.07, 6.45) is 2.79. The van der Waals surface area contributed by atoms with Crippen molar-refractivity contribution in [1.29, 1.82) is 0 Å². The Hall–Kier alpha value is -4.16. The molecule has 0 bridgehead atoms. The lowest BCUT2D eigenvalue weighted by atomic mass is 10.2. The summed E-state index contributed by atoms with van der Waals surface area (Å²) in [5.74, 6) is 0.846.